The van der Waals surface area contributed by atoms with Crippen LogP contribution < -0.4 is 4.74 Å². The van der Waals surface area contributed by atoms with Crippen molar-refractivity contribution in [2.75, 3.05) is 19.0 Å². The molecule has 0 radical (unpaired) electrons. The summed E-state index contributed by atoms with van der Waals surface area (Å²) in [5.41, 5.74) is 1.27. The number of hydrogen-bond acceptors (Lipinski definition) is 2. The van der Waals surface area contributed by atoms with Gasteiger partial charge in [-0.25, -0.2) is 0 Å². The van der Waals surface area contributed by atoms with Gasteiger partial charge >= 0.3 is 0 Å². The summed E-state index contributed by atoms with van der Waals surface area (Å²) in [4.78, 5) is 0. The standard InChI is InChI=1S/C15H23BrO2/c1-12(2)18-9-8-13(11-16)10-14-6-4-5-7-15(14)17-3/h4-7,12-13H,8-11H2,1-3H3. The second kappa shape index (κ2) is 8.54. The lowest BCUT2D eigenvalue weighted by molar-refractivity contribution is 0.0701. The largest absolute Gasteiger partial charge is 0.496 e. The molecule has 1 aromatic rings. The van der Waals surface area contributed by atoms with E-state index in [1.54, 1.807) is 7.11 Å². The number of ether oxygens (including phenoxy) is 2. The van der Waals surface area contributed by atoms with Crippen LogP contribution in [0.25, 0.3) is 0 Å². The Morgan fingerprint density at radius 2 is 1.94 bits per heavy atom. The first-order valence-electron chi connectivity index (χ1n) is 6.46. The van der Waals surface area contributed by atoms with E-state index in [-0.39, 0.29) is 0 Å². The average Bonchev–Trinajstić information content (AvgIpc) is 2.37. The van der Waals surface area contributed by atoms with Gasteiger partial charge in [-0.3, -0.25) is 0 Å². The third kappa shape index (κ3) is 5.40. The molecule has 1 unspecified atom stereocenters. The zero-order valence-electron chi connectivity index (χ0n) is 11.5. The van der Waals surface area contributed by atoms with Crippen molar-refractivity contribution in [3.63, 3.8) is 0 Å². The zero-order chi connectivity index (χ0) is 13.4. The fraction of sp³-hybridized carbons (Fsp3) is 0.600. The van der Waals surface area contributed by atoms with Gasteiger partial charge in [0.1, 0.15) is 5.75 Å². The third-order valence-electron chi connectivity index (χ3n) is 2.90. The van der Waals surface area contributed by atoms with Crippen molar-refractivity contribution in [2.45, 2.75) is 32.8 Å². The predicted octanol–water partition coefficient (Wildman–Crippen LogP) is 4.06. The summed E-state index contributed by atoms with van der Waals surface area (Å²) in [6, 6.07) is 8.23. The van der Waals surface area contributed by atoms with Gasteiger partial charge in [-0.15, -0.1) is 0 Å². The number of para-hydroxylation sites is 1. The van der Waals surface area contributed by atoms with E-state index in [4.69, 9.17) is 9.47 Å². The van der Waals surface area contributed by atoms with Gasteiger partial charge in [-0.1, -0.05) is 34.1 Å². The van der Waals surface area contributed by atoms with Gasteiger partial charge in [0.2, 0.25) is 0 Å². The molecular formula is C15H23BrO2. The molecule has 3 heteroatoms. The maximum atomic E-state index is 5.62. The van der Waals surface area contributed by atoms with Crippen molar-refractivity contribution < 1.29 is 9.47 Å². The highest BCUT2D eigenvalue weighted by atomic mass is 79.9. The van der Waals surface area contributed by atoms with Crippen LogP contribution in [0.3, 0.4) is 0 Å². The molecule has 1 rings (SSSR count). The molecule has 0 saturated carbocycles. The molecule has 1 aromatic carbocycles. The van der Waals surface area contributed by atoms with Crippen LogP contribution in [0.15, 0.2) is 24.3 Å². The molecule has 0 aliphatic heterocycles. The molecule has 18 heavy (non-hydrogen) atoms. The van der Waals surface area contributed by atoms with E-state index in [1.165, 1.54) is 5.56 Å². The number of hydrogen-bond donors (Lipinski definition) is 0. The minimum atomic E-state index is 0.312. The Hall–Kier alpha value is -0.540. The highest BCUT2D eigenvalue weighted by Crippen LogP contribution is 2.23. The molecule has 102 valence electrons. The number of benzene rings is 1. The maximum Gasteiger partial charge on any atom is 0.122 e. The van der Waals surface area contributed by atoms with Crippen LogP contribution in [0.5, 0.6) is 5.75 Å². The van der Waals surface area contributed by atoms with Gasteiger partial charge in [0.25, 0.3) is 0 Å². The van der Waals surface area contributed by atoms with E-state index >= 15 is 0 Å². The Bertz CT molecular complexity index is 339. The lowest BCUT2D eigenvalue weighted by atomic mass is 9.98. The first-order valence-corrected chi connectivity index (χ1v) is 7.59. The number of alkyl halides is 1. The van der Waals surface area contributed by atoms with Crippen LogP contribution in [0.4, 0.5) is 0 Å². The van der Waals surface area contributed by atoms with E-state index in [1.807, 2.05) is 12.1 Å². The van der Waals surface area contributed by atoms with Gasteiger partial charge in [0.05, 0.1) is 13.2 Å². The van der Waals surface area contributed by atoms with E-state index in [0.717, 1.165) is 30.5 Å². The lowest BCUT2D eigenvalue weighted by Crippen LogP contribution is -2.13. The Morgan fingerprint density at radius 3 is 2.56 bits per heavy atom. The monoisotopic (exact) mass is 314 g/mol. The maximum absolute atomic E-state index is 5.62. The first-order chi connectivity index (χ1) is 8.67. The quantitative estimate of drug-likeness (QED) is 0.674. The first kappa shape index (κ1) is 15.5. The molecular weight excluding hydrogens is 292 g/mol. The second-order valence-corrected chi connectivity index (χ2v) is 5.39. The third-order valence-corrected chi connectivity index (χ3v) is 3.81. The van der Waals surface area contributed by atoms with Crippen molar-refractivity contribution in [2.24, 2.45) is 5.92 Å². The SMILES string of the molecule is COc1ccccc1CC(CBr)CCOC(C)C. The van der Waals surface area contributed by atoms with Crippen LogP contribution in [0.1, 0.15) is 25.8 Å². The summed E-state index contributed by atoms with van der Waals surface area (Å²) in [5, 5.41) is 0.993. The van der Waals surface area contributed by atoms with Crippen LogP contribution in [-0.4, -0.2) is 25.2 Å². The Morgan fingerprint density at radius 1 is 1.22 bits per heavy atom. The Balaban J connectivity index is 2.51. The summed E-state index contributed by atoms with van der Waals surface area (Å²) >= 11 is 3.59. The molecule has 0 spiro atoms. The normalized spacial score (nSPS) is 12.7. The van der Waals surface area contributed by atoms with Crippen LogP contribution in [0.2, 0.25) is 0 Å². The van der Waals surface area contributed by atoms with Gasteiger partial charge < -0.3 is 9.47 Å². The fourth-order valence-electron chi connectivity index (χ4n) is 1.89. The van der Waals surface area contributed by atoms with Crippen molar-refractivity contribution in [3.8, 4) is 5.75 Å². The average molecular weight is 315 g/mol. The van der Waals surface area contributed by atoms with Crippen molar-refractivity contribution in [1.29, 1.82) is 0 Å². The van der Waals surface area contributed by atoms with Crippen LogP contribution in [-0.2, 0) is 11.2 Å². The molecule has 0 N–H and O–H groups in total. The summed E-state index contributed by atoms with van der Waals surface area (Å²) in [6.45, 7) is 4.97. The van der Waals surface area contributed by atoms with E-state index in [0.29, 0.717) is 12.0 Å². The second-order valence-electron chi connectivity index (χ2n) is 4.74. The molecule has 0 aliphatic carbocycles. The summed E-state index contributed by atoms with van der Waals surface area (Å²) < 4.78 is 11.0. The van der Waals surface area contributed by atoms with E-state index < -0.39 is 0 Å². The summed E-state index contributed by atoms with van der Waals surface area (Å²) in [6.07, 6.45) is 2.41. The Kier molecular flexibility index (Phi) is 7.36. The molecule has 0 aromatic heterocycles. The van der Waals surface area contributed by atoms with Crippen LogP contribution in [0, 0.1) is 5.92 Å². The highest BCUT2D eigenvalue weighted by molar-refractivity contribution is 9.09. The number of halogens is 1. The van der Waals surface area contributed by atoms with Gasteiger partial charge in [-0.2, -0.15) is 0 Å². The zero-order valence-corrected chi connectivity index (χ0v) is 13.1. The molecule has 0 heterocycles. The molecule has 0 amide bonds. The van der Waals surface area contributed by atoms with Gasteiger partial charge in [0, 0.05) is 11.9 Å². The highest BCUT2D eigenvalue weighted by Gasteiger charge is 2.11. The van der Waals surface area contributed by atoms with E-state index in [2.05, 4.69) is 41.9 Å². The molecule has 0 fully saturated rings. The van der Waals surface area contributed by atoms with Gasteiger partial charge in [-0.05, 0) is 44.2 Å². The summed E-state index contributed by atoms with van der Waals surface area (Å²) in [7, 11) is 1.73. The molecule has 2 nitrogen and oxygen atoms in total. The molecule has 0 bridgehead atoms. The number of rotatable bonds is 8. The van der Waals surface area contributed by atoms with Crippen LogP contribution >= 0.6 is 15.9 Å². The van der Waals surface area contributed by atoms with Gasteiger partial charge in [0.15, 0.2) is 0 Å². The minimum absolute atomic E-state index is 0.312. The van der Waals surface area contributed by atoms with Crippen molar-refractivity contribution in [3.05, 3.63) is 29.8 Å². The fourth-order valence-corrected chi connectivity index (χ4v) is 2.44. The van der Waals surface area contributed by atoms with E-state index in [9.17, 15) is 0 Å². The topological polar surface area (TPSA) is 18.5 Å². The minimum Gasteiger partial charge on any atom is -0.496 e. The Labute approximate surface area is 119 Å². The van der Waals surface area contributed by atoms with Crippen molar-refractivity contribution >= 4 is 15.9 Å². The predicted molar refractivity (Wildman–Crippen MR) is 79.7 cm³/mol. The molecule has 0 saturated heterocycles. The molecule has 1 atom stereocenters. The molecule has 0 aliphatic rings. The van der Waals surface area contributed by atoms with Crippen molar-refractivity contribution in [1.82, 2.24) is 0 Å². The number of methoxy groups -OCH3 is 1. The smallest absolute Gasteiger partial charge is 0.122 e. The summed E-state index contributed by atoms with van der Waals surface area (Å²) in [5.74, 6) is 1.56. The lowest BCUT2D eigenvalue weighted by Gasteiger charge is -2.17.